The largest absolute Gasteiger partial charge is 0.492 e. The minimum Gasteiger partial charge on any atom is -0.492 e. The molecular weight excluding hydrogens is 482 g/mol. The molecule has 0 unspecified atom stereocenters. The van der Waals surface area contributed by atoms with Crippen molar-refractivity contribution in [1.82, 2.24) is 15.4 Å². The second-order valence-electron chi connectivity index (χ2n) is 9.47. The van der Waals surface area contributed by atoms with E-state index >= 15 is 0 Å². The molecule has 3 aromatic rings. The van der Waals surface area contributed by atoms with Crippen LogP contribution in [0.4, 0.5) is 0 Å². The van der Waals surface area contributed by atoms with Crippen molar-refractivity contribution in [3.8, 4) is 17.6 Å². The number of hydrogen-bond acceptors (Lipinski definition) is 5. The summed E-state index contributed by atoms with van der Waals surface area (Å²) >= 11 is 6.36. The van der Waals surface area contributed by atoms with Gasteiger partial charge in [0.15, 0.2) is 0 Å². The Morgan fingerprint density at radius 2 is 1.81 bits per heavy atom. The number of aromatic nitrogens is 1. The third kappa shape index (κ3) is 6.41. The maximum Gasteiger partial charge on any atom is 0.119 e. The molecule has 2 heterocycles. The van der Waals surface area contributed by atoms with Crippen molar-refractivity contribution >= 4 is 17.2 Å². The van der Waals surface area contributed by atoms with E-state index in [2.05, 4.69) is 40.4 Å². The van der Waals surface area contributed by atoms with Gasteiger partial charge in [-0.25, -0.2) is 5.48 Å². The molecule has 37 heavy (non-hydrogen) atoms. The summed E-state index contributed by atoms with van der Waals surface area (Å²) < 4.78 is 6.00. The van der Waals surface area contributed by atoms with Crippen LogP contribution in [0.3, 0.4) is 0 Å². The lowest BCUT2D eigenvalue weighted by molar-refractivity contribution is 0.169. The summed E-state index contributed by atoms with van der Waals surface area (Å²) in [4.78, 5) is 7.33. The van der Waals surface area contributed by atoms with Crippen LogP contribution in [-0.4, -0.2) is 47.9 Å². The molecule has 2 aromatic carbocycles. The molecule has 0 bridgehead atoms. The second kappa shape index (κ2) is 12.4. The number of aryl methyl sites for hydroxylation is 2. The number of hydroxylamine groups is 1. The fraction of sp³-hybridized carbons (Fsp3) is 0.323. The van der Waals surface area contributed by atoms with Gasteiger partial charge in [0.05, 0.1) is 5.69 Å². The maximum absolute atomic E-state index is 8.59. The highest BCUT2D eigenvalue weighted by molar-refractivity contribution is 6.30. The molecule has 1 fully saturated rings. The quantitative estimate of drug-likeness (QED) is 0.258. The van der Waals surface area contributed by atoms with Gasteiger partial charge in [-0.1, -0.05) is 41.1 Å². The first-order chi connectivity index (χ1) is 18.2. The Morgan fingerprint density at radius 1 is 1.00 bits per heavy atom. The topological polar surface area (TPSA) is 57.6 Å². The van der Waals surface area contributed by atoms with Crippen LogP contribution in [-0.2, 0) is 12.8 Å². The Morgan fingerprint density at radius 3 is 2.62 bits per heavy atom. The van der Waals surface area contributed by atoms with Crippen molar-refractivity contribution in [2.24, 2.45) is 0 Å². The summed E-state index contributed by atoms with van der Waals surface area (Å²) in [5, 5.41) is 9.39. The number of pyridine rings is 1. The van der Waals surface area contributed by atoms with Gasteiger partial charge < -0.3 is 9.94 Å². The van der Waals surface area contributed by atoms with E-state index in [1.807, 2.05) is 42.6 Å². The fourth-order valence-electron chi connectivity index (χ4n) is 5.14. The van der Waals surface area contributed by atoms with Gasteiger partial charge >= 0.3 is 0 Å². The first-order valence-electron chi connectivity index (χ1n) is 13.0. The highest BCUT2D eigenvalue weighted by atomic mass is 35.5. The SMILES string of the molecule is ONCCC#Cc1ccc(OCCN2CCC(=C3c4ccc(Cl)cc4CCc4cccnc43)CC2)cc1. The molecule has 1 saturated heterocycles. The van der Waals surface area contributed by atoms with E-state index in [9.17, 15) is 0 Å². The zero-order valence-corrected chi connectivity index (χ0v) is 21.7. The number of nitrogens with zero attached hydrogens (tertiary/aromatic N) is 2. The molecule has 5 nitrogen and oxygen atoms in total. The summed E-state index contributed by atoms with van der Waals surface area (Å²) in [5.41, 5.74) is 11.0. The van der Waals surface area contributed by atoms with Crippen molar-refractivity contribution in [1.29, 1.82) is 0 Å². The van der Waals surface area contributed by atoms with Gasteiger partial charge in [-0.15, -0.1) is 0 Å². The summed E-state index contributed by atoms with van der Waals surface area (Å²) in [6.07, 6.45) is 6.57. The molecule has 2 N–H and O–H groups in total. The first kappa shape index (κ1) is 25.5. The van der Waals surface area contributed by atoms with Crippen LogP contribution >= 0.6 is 11.6 Å². The second-order valence-corrected chi connectivity index (χ2v) is 9.90. The highest BCUT2D eigenvalue weighted by Crippen LogP contribution is 2.38. The van der Waals surface area contributed by atoms with E-state index in [1.165, 1.54) is 27.8 Å². The van der Waals surface area contributed by atoms with Gasteiger partial charge in [0.1, 0.15) is 12.4 Å². The lowest BCUT2D eigenvalue weighted by Crippen LogP contribution is -2.34. The third-order valence-electron chi connectivity index (χ3n) is 7.07. The van der Waals surface area contributed by atoms with Gasteiger partial charge in [-0.05, 0) is 84.8 Å². The van der Waals surface area contributed by atoms with Crippen LogP contribution in [0, 0.1) is 11.8 Å². The van der Waals surface area contributed by atoms with Crippen LogP contribution < -0.4 is 10.2 Å². The number of hydrogen-bond donors (Lipinski definition) is 2. The summed E-state index contributed by atoms with van der Waals surface area (Å²) in [6, 6.07) is 18.5. The smallest absolute Gasteiger partial charge is 0.119 e. The van der Waals surface area contributed by atoms with E-state index in [-0.39, 0.29) is 0 Å². The van der Waals surface area contributed by atoms with Crippen LogP contribution in [0.15, 0.2) is 66.4 Å². The summed E-state index contributed by atoms with van der Waals surface area (Å²) in [7, 11) is 0. The summed E-state index contributed by atoms with van der Waals surface area (Å²) in [5.74, 6) is 6.96. The number of fused-ring (bicyclic) bond motifs is 2. The van der Waals surface area contributed by atoms with Crippen molar-refractivity contribution in [2.75, 3.05) is 32.8 Å². The highest BCUT2D eigenvalue weighted by Gasteiger charge is 2.25. The number of ether oxygens (including phenoxy) is 1. The van der Waals surface area contributed by atoms with Crippen molar-refractivity contribution in [3.05, 3.63) is 99.3 Å². The number of benzene rings is 2. The first-order valence-corrected chi connectivity index (χ1v) is 13.3. The minimum atomic E-state index is 0.468. The maximum atomic E-state index is 8.59. The molecule has 0 saturated carbocycles. The van der Waals surface area contributed by atoms with Gasteiger partial charge in [-0.2, -0.15) is 0 Å². The molecule has 6 heteroatoms. The Hall–Kier alpha value is -3.14. The van der Waals surface area contributed by atoms with Crippen LogP contribution in [0.25, 0.3) is 5.57 Å². The molecule has 1 aliphatic heterocycles. The molecule has 1 aromatic heterocycles. The Labute approximate surface area is 224 Å². The standard InChI is InChI=1S/C31H32ClN3O2/c32-27-10-13-29-26(22-27)9-8-25-5-3-16-33-31(25)30(29)24-14-18-35(19-15-24)20-21-37-28-11-6-23(7-12-28)4-1-2-17-34-36/h3,5-7,10-13,16,22,34,36H,2,8-9,14-15,17-21H2. The van der Waals surface area contributed by atoms with Crippen molar-refractivity contribution in [2.45, 2.75) is 32.1 Å². The number of nitrogens with one attached hydrogen (secondary N) is 1. The zero-order chi connectivity index (χ0) is 25.5. The van der Waals surface area contributed by atoms with E-state index in [0.29, 0.717) is 19.6 Å². The van der Waals surface area contributed by atoms with Gasteiger partial charge in [0.2, 0.25) is 0 Å². The molecule has 190 valence electrons. The average Bonchev–Trinajstić information content (AvgIpc) is 3.09. The van der Waals surface area contributed by atoms with E-state index in [0.717, 1.165) is 67.3 Å². The summed E-state index contributed by atoms with van der Waals surface area (Å²) in [6.45, 7) is 4.06. The van der Waals surface area contributed by atoms with Gasteiger partial charge in [0, 0.05) is 55.0 Å². The fourth-order valence-corrected chi connectivity index (χ4v) is 5.33. The van der Waals surface area contributed by atoms with E-state index < -0.39 is 0 Å². The normalized spacial score (nSPS) is 15.3. The van der Waals surface area contributed by atoms with Crippen molar-refractivity contribution in [3.63, 3.8) is 0 Å². The Kier molecular flexibility index (Phi) is 8.55. The molecule has 2 aliphatic rings. The van der Waals surface area contributed by atoms with Gasteiger partial charge in [0.25, 0.3) is 0 Å². The van der Waals surface area contributed by atoms with Crippen LogP contribution in [0.5, 0.6) is 5.75 Å². The molecular formula is C31H32ClN3O2. The predicted molar refractivity (Wildman–Crippen MR) is 148 cm³/mol. The van der Waals surface area contributed by atoms with Crippen LogP contribution in [0.2, 0.25) is 5.02 Å². The predicted octanol–water partition coefficient (Wildman–Crippen LogP) is 5.53. The minimum absolute atomic E-state index is 0.468. The Bertz CT molecular complexity index is 1310. The molecule has 0 atom stereocenters. The number of rotatable bonds is 6. The average molecular weight is 514 g/mol. The molecule has 1 aliphatic carbocycles. The Balaban J connectivity index is 1.21. The zero-order valence-electron chi connectivity index (χ0n) is 21.0. The molecule has 5 rings (SSSR count). The lowest BCUT2D eigenvalue weighted by Gasteiger charge is -2.30. The number of likely N-dealkylation sites (tertiary alicyclic amines) is 1. The monoisotopic (exact) mass is 513 g/mol. The third-order valence-corrected chi connectivity index (χ3v) is 7.30. The number of halogens is 1. The number of piperidine rings is 1. The van der Waals surface area contributed by atoms with E-state index in [4.69, 9.17) is 26.5 Å². The molecule has 0 radical (unpaired) electrons. The molecule has 0 amide bonds. The van der Waals surface area contributed by atoms with Crippen molar-refractivity contribution < 1.29 is 9.94 Å². The van der Waals surface area contributed by atoms with Crippen LogP contribution in [0.1, 0.15) is 47.2 Å². The molecule has 0 spiro atoms. The van der Waals surface area contributed by atoms with E-state index in [1.54, 1.807) is 0 Å². The van der Waals surface area contributed by atoms with Gasteiger partial charge in [-0.3, -0.25) is 9.88 Å². The lowest BCUT2D eigenvalue weighted by atomic mass is 9.88.